The number of phenolic OH excluding ortho intramolecular Hbond substituents is 1. The SMILES string of the molecule is CC1(C)COCCN1C(=O)c1ccccc1O. The summed E-state index contributed by atoms with van der Waals surface area (Å²) in [5, 5.41) is 9.70. The summed E-state index contributed by atoms with van der Waals surface area (Å²) < 4.78 is 5.37. The highest BCUT2D eigenvalue weighted by atomic mass is 16.5. The smallest absolute Gasteiger partial charge is 0.258 e. The predicted octanol–water partition coefficient (Wildman–Crippen LogP) is 1.64. The van der Waals surface area contributed by atoms with Gasteiger partial charge >= 0.3 is 0 Å². The van der Waals surface area contributed by atoms with Crippen LogP contribution in [0, 0.1) is 0 Å². The average molecular weight is 235 g/mol. The second kappa shape index (κ2) is 4.37. The summed E-state index contributed by atoms with van der Waals surface area (Å²) in [7, 11) is 0. The van der Waals surface area contributed by atoms with E-state index in [2.05, 4.69) is 0 Å². The summed E-state index contributed by atoms with van der Waals surface area (Å²) in [4.78, 5) is 14.1. The van der Waals surface area contributed by atoms with Gasteiger partial charge in [0.2, 0.25) is 0 Å². The number of ether oxygens (including phenoxy) is 1. The van der Waals surface area contributed by atoms with Crippen molar-refractivity contribution in [3.05, 3.63) is 29.8 Å². The standard InChI is InChI=1S/C13H17NO3/c1-13(2)9-17-8-7-14(13)12(16)10-5-3-4-6-11(10)15/h3-6,15H,7-9H2,1-2H3. The zero-order chi connectivity index (χ0) is 12.5. The van der Waals surface area contributed by atoms with E-state index in [0.29, 0.717) is 25.3 Å². The number of hydrogen-bond acceptors (Lipinski definition) is 3. The summed E-state index contributed by atoms with van der Waals surface area (Å²) in [5.41, 5.74) is 0.0138. The highest BCUT2D eigenvalue weighted by Crippen LogP contribution is 2.25. The van der Waals surface area contributed by atoms with Crippen LogP contribution in [-0.4, -0.2) is 41.2 Å². The second-order valence-corrected chi connectivity index (χ2v) is 4.84. The number of phenols is 1. The molecule has 1 aliphatic rings. The van der Waals surface area contributed by atoms with Crippen molar-refractivity contribution in [2.45, 2.75) is 19.4 Å². The van der Waals surface area contributed by atoms with Crippen molar-refractivity contribution in [3.8, 4) is 5.75 Å². The van der Waals surface area contributed by atoms with Crippen LogP contribution in [0.5, 0.6) is 5.75 Å². The third-order valence-electron chi connectivity index (χ3n) is 3.02. The molecular weight excluding hydrogens is 218 g/mol. The van der Waals surface area contributed by atoms with E-state index in [9.17, 15) is 9.90 Å². The first-order valence-corrected chi connectivity index (χ1v) is 5.70. The Morgan fingerprint density at radius 1 is 1.41 bits per heavy atom. The maximum Gasteiger partial charge on any atom is 0.258 e. The molecule has 2 rings (SSSR count). The largest absolute Gasteiger partial charge is 0.507 e. The van der Waals surface area contributed by atoms with Gasteiger partial charge in [-0.05, 0) is 26.0 Å². The highest BCUT2D eigenvalue weighted by Gasteiger charge is 2.35. The first kappa shape index (κ1) is 11.9. The van der Waals surface area contributed by atoms with Gasteiger partial charge in [0.1, 0.15) is 5.75 Å². The van der Waals surface area contributed by atoms with Gasteiger partial charge < -0.3 is 14.7 Å². The molecule has 1 N–H and O–H groups in total. The lowest BCUT2D eigenvalue weighted by molar-refractivity contribution is -0.0371. The van der Waals surface area contributed by atoms with Gasteiger partial charge in [-0.3, -0.25) is 4.79 Å². The van der Waals surface area contributed by atoms with Crippen LogP contribution in [0.4, 0.5) is 0 Å². The van der Waals surface area contributed by atoms with Crippen LogP contribution in [0.25, 0.3) is 0 Å². The Bertz CT molecular complexity index is 428. The minimum absolute atomic E-state index is 0.0276. The van der Waals surface area contributed by atoms with E-state index in [1.54, 1.807) is 23.1 Å². The number of amides is 1. The van der Waals surface area contributed by atoms with Gasteiger partial charge in [0.25, 0.3) is 5.91 Å². The molecular formula is C13H17NO3. The van der Waals surface area contributed by atoms with Crippen molar-refractivity contribution < 1.29 is 14.6 Å². The lowest BCUT2D eigenvalue weighted by Gasteiger charge is -2.42. The Balaban J connectivity index is 2.28. The molecule has 0 aromatic heterocycles. The maximum absolute atomic E-state index is 12.3. The summed E-state index contributed by atoms with van der Waals surface area (Å²) in [5.74, 6) is -0.115. The fourth-order valence-corrected chi connectivity index (χ4v) is 2.03. The van der Waals surface area contributed by atoms with Gasteiger partial charge in [0.05, 0.1) is 24.3 Å². The van der Waals surface area contributed by atoms with Gasteiger partial charge in [0.15, 0.2) is 0 Å². The van der Waals surface area contributed by atoms with Gasteiger partial charge in [0, 0.05) is 6.54 Å². The molecule has 0 atom stereocenters. The molecule has 1 aromatic rings. The molecule has 0 bridgehead atoms. The molecule has 0 unspecified atom stereocenters. The first-order valence-electron chi connectivity index (χ1n) is 5.70. The topological polar surface area (TPSA) is 49.8 Å². The van der Waals surface area contributed by atoms with Crippen LogP contribution in [0.1, 0.15) is 24.2 Å². The number of benzene rings is 1. The fraction of sp³-hybridized carbons (Fsp3) is 0.462. The Hall–Kier alpha value is -1.55. The number of morpholine rings is 1. The number of hydrogen-bond donors (Lipinski definition) is 1. The van der Waals surface area contributed by atoms with Crippen molar-refractivity contribution in [2.75, 3.05) is 19.8 Å². The molecule has 1 heterocycles. The van der Waals surface area contributed by atoms with Gasteiger partial charge in [-0.25, -0.2) is 0 Å². The van der Waals surface area contributed by atoms with Crippen molar-refractivity contribution in [3.63, 3.8) is 0 Å². The molecule has 0 spiro atoms. The normalized spacial score (nSPS) is 19.1. The van der Waals surface area contributed by atoms with Crippen LogP contribution in [-0.2, 0) is 4.74 Å². The van der Waals surface area contributed by atoms with E-state index in [4.69, 9.17) is 4.74 Å². The second-order valence-electron chi connectivity index (χ2n) is 4.84. The zero-order valence-corrected chi connectivity index (χ0v) is 10.1. The van der Waals surface area contributed by atoms with Crippen LogP contribution in [0.15, 0.2) is 24.3 Å². The molecule has 92 valence electrons. The maximum atomic E-state index is 12.3. The van der Waals surface area contributed by atoms with Crippen LogP contribution >= 0.6 is 0 Å². The molecule has 1 aromatic carbocycles. The van der Waals surface area contributed by atoms with Gasteiger partial charge in [-0.15, -0.1) is 0 Å². The fourth-order valence-electron chi connectivity index (χ4n) is 2.03. The number of rotatable bonds is 1. The third-order valence-corrected chi connectivity index (χ3v) is 3.02. The number of carbonyl (C=O) groups excluding carboxylic acids is 1. The minimum Gasteiger partial charge on any atom is -0.507 e. The van der Waals surface area contributed by atoms with E-state index in [0.717, 1.165) is 0 Å². The van der Waals surface area contributed by atoms with Crippen molar-refractivity contribution in [1.82, 2.24) is 4.90 Å². The summed E-state index contributed by atoms with van der Waals surface area (Å²) in [6.07, 6.45) is 0. The molecule has 0 saturated carbocycles. The van der Waals surface area contributed by atoms with Gasteiger partial charge in [-0.1, -0.05) is 12.1 Å². The van der Waals surface area contributed by atoms with E-state index in [1.165, 1.54) is 6.07 Å². The average Bonchev–Trinajstić information content (AvgIpc) is 2.28. The van der Waals surface area contributed by atoms with E-state index in [-0.39, 0.29) is 17.2 Å². The Labute approximate surface area is 101 Å². The number of aromatic hydroxyl groups is 1. The molecule has 4 nitrogen and oxygen atoms in total. The summed E-state index contributed by atoms with van der Waals surface area (Å²) >= 11 is 0. The zero-order valence-electron chi connectivity index (χ0n) is 10.1. The molecule has 17 heavy (non-hydrogen) atoms. The highest BCUT2D eigenvalue weighted by molar-refractivity contribution is 5.97. The van der Waals surface area contributed by atoms with Crippen molar-refractivity contribution in [1.29, 1.82) is 0 Å². The van der Waals surface area contributed by atoms with E-state index < -0.39 is 0 Å². The third kappa shape index (κ3) is 2.26. The quantitative estimate of drug-likeness (QED) is 0.805. The summed E-state index contributed by atoms with van der Waals surface area (Å²) in [6, 6.07) is 6.63. The van der Waals surface area contributed by atoms with Crippen molar-refractivity contribution >= 4 is 5.91 Å². The van der Waals surface area contributed by atoms with Crippen LogP contribution in [0.2, 0.25) is 0 Å². The Morgan fingerprint density at radius 2 is 2.12 bits per heavy atom. The molecule has 0 aliphatic carbocycles. The molecule has 4 heteroatoms. The number of nitrogens with zero attached hydrogens (tertiary/aromatic N) is 1. The summed E-state index contributed by atoms with van der Waals surface area (Å²) in [6.45, 7) is 5.55. The Morgan fingerprint density at radius 3 is 2.76 bits per heavy atom. The minimum atomic E-state index is -0.336. The van der Waals surface area contributed by atoms with Gasteiger partial charge in [-0.2, -0.15) is 0 Å². The van der Waals surface area contributed by atoms with E-state index >= 15 is 0 Å². The lowest BCUT2D eigenvalue weighted by atomic mass is 10.0. The molecule has 1 fully saturated rings. The number of carbonyl (C=O) groups is 1. The van der Waals surface area contributed by atoms with E-state index in [1.807, 2.05) is 13.8 Å². The molecule has 1 aliphatic heterocycles. The van der Waals surface area contributed by atoms with Crippen LogP contribution in [0.3, 0.4) is 0 Å². The lowest BCUT2D eigenvalue weighted by Crippen LogP contribution is -2.55. The predicted molar refractivity (Wildman–Crippen MR) is 64.0 cm³/mol. The molecule has 0 radical (unpaired) electrons. The van der Waals surface area contributed by atoms with Crippen molar-refractivity contribution in [2.24, 2.45) is 0 Å². The first-order chi connectivity index (χ1) is 8.02. The Kier molecular flexibility index (Phi) is 3.07. The number of para-hydroxylation sites is 1. The molecule has 1 saturated heterocycles. The monoisotopic (exact) mass is 235 g/mol. The molecule has 1 amide bonds. The van der Waals surface area contributed by atoms with Crippen LogP contribution < -0.4 is 0 Å².